The van der Waals surface area contributed by atoms with Gasteiger partial charge in [0.05, 0.1) is 12.7 Å². The highest BCUT2D eigenvalue weighted by atomic mass is 32.2. The lowest BCUT2D eigenvalue weighted by atomic mass is 9.85. The van der Waals surface area contributed by atoms with E-state index in [1.807, 2.05) is 18.5 Å². The maximum Gasteiger partial charge on any atom is 0.258 e. The van der Waals surface area contributed by atoms with E-state index in [4.69, 9.17) is 0 Å². The minimum atomic E-state index is -3.61. The molecular weight excluding hydrogens is 304 g/mol. The van der Waals surface area contributed by atoms with E-state index in [1.54, 1.807) is 0 Å². The monoisotopic (exact) mass is 324 g/mol. The normalized spacial score (nSPS) is 15.9. The number of nitrogens with zero attached hydrogens (tertiary/aromatic N) is 5. The second-order valence-electron chi connectivity index (χ2n) is 5.47. The van der Waals surface area contributed by atoms with Crippen molar-refractivity contribution in [2.75, 3.05) is 0 Å². The van der Waals surface area contributed by atoms with Gasteiger partial charge in [0.25, 0.3) is 10.0 Å². The number of aromatic nitrogens is 5. The van der Waals surface area contributed by atoms with Crippen LogP contribution in [0.4, 0.5) is 0 Å². The molecule has 1 saturated carbocycles. The largest absolute Gasteiger partial charge is 0.317 e. The van der Waals surface area contributed by atoms with Gasteiger partial charge in [-0.25, -0.2) is 13.1 Å². The summed E-state index contributed by atoms with van der Waals surface area (Å²) in [6.07, 6.45) is 4.97. The predicted octanol–water partition coefficient (Wildman–Crippen LogP) is 0.777. The Morgan fingerprint density at radius 3 is 2.77 bits per heavy atom. The maximum atomic E-state index is 12.3. The summed E-state index contributed by atoms with van der Waals surface area (Å²) in [7, 11) is -1.73. The standard InChI is InChI=1S/C13H20N6O2S/c1-3-19-12(7-8-14-19)22(20,21)15-9-11-16-17-13(18(11)2)10-5-4-6-10/h7-8,10,15H,3-6,9H2,1-2H3. The summed E-state index contributed by atoms with van der Waals surface area (Å²) in [5.41, 5.74) is 0. The molecule has 1 aliphatic rings. The van der Waals surface area contributed by atoms with E-state index >= 15 is 0 Å². The van der Waals surface area contributed by atoms with Gasteiger partial charge >= 0.3 is 0 Å². The molecule has 0 aliphatic heterocycles. The van der Waals surface area contributed by atoms with Crippen LogP contribution in [-0.4, -0.2) is 33.0 Å². The first-order valence-corrected chi connectivity index (χ1v) is 8.91. The van der Waals surface area contributed by atoms with Gasteiger partial charge in [-0.1, -0.05) is 6.42 Å². The third-order valence-corrected chi connectivity index (χ3v) is 5.56. The number of rotatable bonds is 6. The molecule has 9 heteroatoms. The number of aryl methyl sites for hydroxylation is 1. The van der Waals surface area contributed by atoms with Gasteiger partial charge in [-0.2, -0.15) is 5.10 Å². The molecule has 8 nitrogen and oxygen atoms in total. The van der Waals surface area contributed by atoms with E-state index in [-0.39, 0.29) is 11.6 Å². The van der Waals surface area contributed by atoms with Crippen molar-refractivity contribution >= 4 is 10.0 Å². The van der Waals surface area contributed by atoms with Gasteiger partial charge in [0.1, 0.15) is 11.6 Å². The Balaban J connectivity index is 1.73. The van der Waals surface area contributed by atoms with Crippen molar-refractivity contribution in [2.24, 2.45) is 7.05 Å². The molecule has 1 N–H and O–H groups in total. The number of nitrogens with one attached hydrogen (secondary N) is 1. The van der Waals surface area contributed by atoms with Crippen LogP contribution in [0.1, 0.15) is 43.8 Å². The lowest BCUT2D eigenvalue weighted by molar-refractivity contribution is 0.391. The zero-order valence-electron chi connectivity index (χ0n) is 12.7. The third-order valence-electron chi connectivity index (χ3n) is 4.14. The highest BCUT2D eigenvalue weighted by Crippen LogP contribution is 2.35. The Hall–Kier alpha value is -1.74. The number of hydrogen-bond donors (Lipinski definition) is 1. The van der Waals surface area contributed by atoms with Crippen molar-refractivity contribution in [2.45, 2.75) is 50.2 Å². The molecule has 2 heterocycles. The first kappa shape index (κ1) is 15.2. The Morgan fingerprint density at radius 1 is 1.36 bits per heavy atom. The van der Waals surface area contributed by atoms with Gasteiger partial charge in [-0.3, -0.25) is 4.68 Å². The molecular formula is C13H20N6O2S. The molecule has 1 fully saturated rings. The summed E-state index contributed by atoms with van der Waals surface area (Å²) in [5, 5.41) is 12.5. The zero-order chi connectivity index (χ0) is 15.7. The van der Waals surface area contributed by atoms with Crippen LogP contribution in [0.5, 0.6) is 0 Å². The average molecular weight is 324 g/mol. The van der Waals surface area contributed by atoms with Crippen molar-refractivity contribution in [1.82, 2.24) is 29.3 Å². The molecule has 0 atom stereocenters. The van der Waals surface area contributed by atoms with Crippen LogP contribution in [0.2, 0.25) is 0 Å². The minimum absolute atomic E-state index is 0.118. The summed E-state index contributed by atoms with van der Waals surface area (Å²) in [5.74, 6) is 2.02. The summed E-state index contributed by atoms with van der Waals surface area (Å²) >= 11 is 0. The van der Waals surface area contributed by atoms with Crippen LogP contribution in [0.15, 0.2) is 17.3 Å². The van der Waals surface area contributed by atoms with E-state index in [9.17, 15) is 8.42 Å². The van der Waals surface area contributed by atoms with Gasteiger partial charge in [0, 0.05) is 19.5 Å². The summed E-state index contributed by atoms with van der Waals surface area (Å²) < 4.78 is 30.6. The predicted molar refractivity (Wildman–Crippen MR) is 79.5 cm³/mol. The quantitative estimate of drug-likeness (QED) is 0.847. The van der Waals surface area contributed by atoms with Crippen molar-refractivity contribution in [3.63, 3.8) is 0 Å². The molecule has 3 rings (SSSR count). The van der Waals surface area contributed by atoms with Crippen LogP contribution in [-0.2, 0) is 30.2 Å². The van der Waals surface area contributed by atoms with Crippen LogP contribution in [0, 0.1) is 0 Å². The van der Waals surface area contributed by atoms with Crippen LogP contribution in [0.3, 0.4) is 0 Å². The molecule has 120 valence electrons. The highest BCUT2D eigenvalue weighted by molar-refractivity contribution is 7.89. The first-order valence-electron chi connectivity index (χ1n) is 7.42. The van der Waals surface area contributed by atoms with E-state index in [0.29, 0.717) is 18.3 Å². The minimum Gasteiger partial charge on any atom is -0.317 e. The maximum absolute atomic E-state index is 12.3. The van der Waals surface area contributed by atoms with Gasteiger partial charge < -0.3 is 4.57 Å². The third kappa shape index (κ3) is 2.66. The Morgan fingerprint density at radius 2 is 2.14 bits per heavy atom. The molecule has 0 spiro atoms. The topological polar surface area (TPSA) is 94.7 Å². The molecule has 2 aromatic rings. The first-order chi connectivity index (χ1) is 10.5. The molecule has 0 aromatic carbocycles. The number of hydrogen-bond acceptors (Lipinski definition) is 5. The average Bonchev–Trinajstić information content (AvgIpc) is 3.04. The van der Waals surface area contributed by atoms with Gasteiger partial charge in [0.15, 0.2) is 5.03 Å². The van der Waals surface area contributed by atoms with Gasteiger partial charge in [0.2, 0.25) is 0 Å². The van der Waals surface area contributed by atoms with Crippen LogP contribution >= 0.6 is 0 Å². The molecule has 22 heavy (non-hydrogen) atoms. The molecule has 0 saturated heterocycles. The second-order valence-corrected chi connectivity index (χ2v) is 7.18. The number of sulfonamides is 1. The fraction of sp³-hybridized carbons (Fsp3) is 0.615. The van der Waals surface area contributed by atoms with E-state index < -0.39 is 10.0 Å². The Kier molecular flexibility index (Phi) is 4.00. The summed E-state index contributed by atoms with van der Waals surface area (Å²) in [6, 6.07) is 1.49. The summed E-state index contributed by atoms with van der Waals surface area (Å²) in [4.78, 5) is 0. The fourth-order valence-corrected chi connectivity index (χ4v) is 3.73. The smallest absolute Gasteiger partial charge is 0.258 e. The van der Waals surface area contributed by atoms with Crippen molar-refractivity contribution < 1.29 is 8.42 Å². The molecule has 0 amide bonds. The lowest BCUT2D eigenvalue weighted by Crippen LogP contribution is -2.27. The van der Waals surface area contributed by atoms with Crippen molar-refractivity contribution in [3.05, 3.63) is 23.9 Å². The van der Waals surface area contributed by atoms with Crippen molar-refractivity contribution in [3.8, 4) is 0 Å². The Bertz CT molecular complexity index is 759. The SMILES string of the molecule is CCn1nccc1S(=O)(=O)NCc1nnc(C2CCC2)n1C. The van der Waals surface area contributed by atoms with Gasteiger partial charge in [-0.15, -0.1) is 10.2 Å². The van der Waals surface area contributed by atoms with E-state index in [0.717, 1.165) is 18.7 Å². The summed E-state index contributed by atoms with van der Waals surface area (Å²) in [6.45, 7) is 2.46. The fourth-order valence-electron chi connectivity index (χ4n) is 2.57. The van der Waals surface area contributed by atoms with Crippen LogP contribution < -0.4 is 4.72 Å². The van der Waals surface area contributed by atoms with Crippen molar-refractivity contribution in [1.29, 1.82) is 0 Å². The zero-order valence-corrected chi connectivity index (χ0v) is 13.5. The Labute approximate surface area is 129 Å². The molecule has 0 unspecified atom stereocenters. The van der Waals surface area contributed by atoms with E-state index in [2.05, 4.69) is 20.0 Å². The molecule has 2 aromatic heterocycles. The molecule has 0 bridgehead atoms. The van der Waals surface area contributed by atoms with Gasteiger partial charge in [-0.05, 0) is 25.8 Å². The molecule has 0 radical (unpaired) electrons. The highest BCUT2D eigenvalue weighted by Gasteiger charge is 2.26. The second kappa shape index (κ2) is 5.81. The van der Waals surface area contributed by atoms with Crippen LogP contribution in [0.25, 0.3) is 0 Å². The van der Waals surface area contributed by atoms with E-state index in [1.165, 1.54) is 23.4 Å². The molecule has 1 aliphatic carbocycles. The lowest BCUT2D eigenvalue weighted by Gasteiger charge is -2.24.